The number of nitrogens with one attached hydrogen (secondary N) is 4. The summed E-state index contributed by atoms with van der Waals surface area (Å²) in [6.45, 7) is 8.21. The maximum Gasteiger partial charge on any atom is 0.186 e. The molecule has 8 heteroatoms. The van der Waals surface area contributed by atoms with Gasteiger partial charge in [0.05, 0.1) is 11.9 Å². The third-order valence-electron chi connectivity index (χ3n) is 8.38. The van der Waals surface area contributed by atoms with E-state index < -0.39 is 0 Å². The van der Waals surface area contributed by atoms with E-state index in [1.54, 1.807) is 6.21 Å². The Morgan fingerprint density at radius 2 is 0.733 bits per heavy atom. The third-order valence-corrected chi connectivity index (χ3v) is 8.85. The molecule has 0 aliphatic heterocycles. The van der Waals surface area contributed by atoms with Crippen LogP contribution in [0.2, 0.25) is 0 Å². The van der Waals surface area contributed by atoms with Gasteiger partial charge in [0.15, 0.2) is 10.2 Å². The van der Waals surface area contributed by atoms with Crippen LogP contribution in [-0.4, -0.2) is 35.2 Å². The molecule has 4 N–H and O–H groups in total. The molecule has 0 aromatic carbocycles. The molecular weight excluding hydrogens is 593 g/mol. The number of rotatable bonds is 33. The lowest BCUT2D eigenvalue weighted by Crippen LogP contribution is -2.34. The molecule has 0 aromatic rings. The smallest absolute Gasteiger partial charge is 0.186 e. The van der Waals surface area contributed by atoms with Crippen LogP contribution in [0.5, 0.6) is 0 Å². The summed E-state index contributed by atoms with van der Waals surface area (Å²) < 4.78 is 0. The average molecular weight is 667 g/mol. The highest BCUT2D eigenvalue weighted by Gasteiger charge is 1.98. The minimum absolute atomic E-state index is 0.548. The Labute approximate surface area is 291 Å². The molecule has 0 heterocycles. The van der Waals surface area contributed by atoms with Crippen molar-refractivity contribution >= 4 is 46.6 Å². The second-order valence-electron chi connectivity index (χ2n) is 12.9. The fourth-order valence-electron chi connectivity index (χ4n) is 5.47. The molecule has 0 unspecified atom stereocenters. The van der Waals surface area contributed by atoms with Crippen LogP contribution < -0.4 is 21.5 Å². The van der Waals surface area contributed by atoms with Gasteiger partial charge in [0.2, 0.25) is 0 Å². The van der Waals surface area contributed by atoms with Crippen LogP contribution in [0.4, 0.5) is 0 Å². The molecule has 264 valence electrons. The van der Waals surface area contributed by atoms with Crippen molar-refractivity contribution in [3.63, 3.8) is 0 Å². The molecule has 0 saturated carbocycles. The Kier molecular flexibility index (Phi) is 36.1. The fraction of sp³-hybridized carbons (Fsp3) is 0.892. The lowest BCUT2D eigenvalue weighted by Gasteiger charge is -2.08. The first-order valence-corrected chi connectivity index (χ1v) is 20.1. The van der Waals surface area contributed by atoms with Crippen molar-refractivity contribution in [1.82, 2.24) is 21.5 Å². The third kappa shape index (κ3) is 37.1. The van der Waals surface area contributed by atoms with Crippen molar-refractivity contribution in [1.29, 1.82) is 0 Å². The number of thiocarbonyl (C=S) groups is 2. The molecule has 0 aliphatic carbocycles. The largest absolute Gasteiger partial charge is 0.361 e. The molecule has 0 amide bonds. The molecule has 0 atom stereocenters. The second kappa shape index (κ2) is 37.2. The van der Waals surface area contributed by atoms with Crippen LogP contribution in [0.25, 0.3) is 0 Å². The zero-order valence-electron chi connectivity index (χ0n) is 30.0. The Morgan fingerprint density at radius 3 is 1.07 bits per heavy atom. The topological polar surface area (TPSA) is 72.8 Å². The number of unbranched alkanes of at least 4 members (excludes halogenated alkanes) is 26. The van der Waals surface area contributed by atoms with Crippen LogP contribution in [-0.2, 0) is 0 Å². The van der Waals surface area contributed by atoms with Gasteiger partial charge in [-0.15, -0.1) is 0 Å². The van der Waals surface area contributed by atoms with E-state index >= 15 is 0 Å². The molecule has 0 rings (SSSR count). The van der Waals surface area contributed by atoms with Crippen LogP contribution in [0.15, 0.2) is 10.2 Å². The van der Waals surface area contributed by atoms with Crippen molar-refractivity contribution in [2.45, 2.75) is 201 Å². The summed E-state index contributed by atoms with van der Waals surface area (Å²) in [5, 5.41) is 16.0. The first-order chi connectivity index (χ1) is 22.1. The van der Waals surface area contributed by atoms with E-state index in [0.29, 0.717) is 10.2 Å². The Hall–Kier alpha value is -1.28. The van der Waals surface area contributed by atoms with Crippen molar-refractivity contribution in [2.24, 2.45) is 10.2 Å². The number of hydrazone groups is 2. The lowest BCUT2D eigenvalue weighted by molar-refractivity contribution is 0.535. The molecule has 6 nitrogen and oxygen atoms in total. The van der Waals surface area contributed by atoms with Crippen LogP contribution in [0.1, 0.15) is 201 Å². The molecule has 0 aromatic heterocycles. The predicted molar refractivity (Wildman–Crippen MR) is 210 cm³/mol. The van der Waals surface area contributed by atoms with Gasteiger partial charge in [0, 0.05) is 13.1 Å². The van der Waals surface area contributed by atoms with E-state index in [-0.39, 0.29) is 0 Å². The molecule has 45 heavy (non-hydrogen) atoms. The first kappa shape index (κ1) is 43.7. The van der Waals surface area contributed by atoms with Crippen molar-refractivity contribution in [3.05, 3.63) is 0 Å². The monoisotopic (exact) mass is 667 g/mol. The maximum atomic E-state index is 5.33. The van der Waals surface area contributed by atoms with E-state index in [0.717, 1.165) is 31.6 Å². The molecule has 0 fully saturated rings. The molecule has 0 spiro atoms. The average Bonchev–Trinajstić information content (AvgIpc) is 3.03. The summed E-state index contributed by atoms with van der Waals surface area (Å²) in [5.41, 5.74) is 6.48. The van der Waals surface area contributed by atoms with E-state index in [1.165, 1.54) is 167 Å². The van der Waals surface area contributed by atoms with Gasteiger partial charge in [0.25, 0.3) is 0 Å². The van der Waals surface area contributed by atoms with Gasteiger partial charge >= 0.3 is 0 Å². The maximum absolute atomic E-state index is 5.33. The van der Waals surface area contributed by atoms with E-state index in [1.807, 2.05) is 6.92 Å². The number of hydrogen-bond acceptors (Lipinski definition) is 4. The highest BCUT2D eigenvalue weighted by Crippen LogP contribution is 2.14. The van der Waals surface area contributed by atoms with Gasteiger partial charge in [-0.05, 0) is 44.2 Å². The zero-order valence-corrected chi connectivity index (χ0v) is 31.6. The highest BCUT2D eigenvalue weighted by molar-refractivity contribution is 7.80. The standard InChI is InChI=1S/C37H74N6S2/c1-4-6-8-10-12-14-16-18-20-22-24-26-28-30-32-38-36(44)42-40-34-35(3)41-43-37(45)39-33-31-29-27-25-23-21-19-17-15-13-11-9-7-5-2/h34H,4-33H2,1-3H3,(H2,38,42,44)(H2,39,43,45). The Balaban J connectivity index is 3.51. The molecule has 0 radical (unpaired) electrons. The number of nitrogens with zero attached hydrogens (tertiary/aromatic N) is 2. The molecule has 0 bridgehead atoms. The van der Waals surface area contributed by atoms with Crippen molar-refractivity contribution in [3.8, 4) is 0 Å². The first-order valence-electron chi connectivity index (χ1n) is 19.2. The highest BCUT2D eigenvalue weighted by atomic mass is 32.1. The van der Waals surface area contributed by atoms with Gasteiger partial charge in [-0.25, -0.2) is 0 Å². The zero-order chi connectivity index (χ0) is 32.9. The summed E-state index contributed by atoms with van der Waals surface area (Å²) in [7, 11) is 0. The Morgan fingerprint density at radius 1 is 0.444 bits per heavy atom. The van der Waals surface area contributed by atoms with Crippen LogP contribution >= 0.6 is 24.4 Å². The van der Waals surface area contributed by atoms with Gasteiger partial charge in [0.1, 0.15) is 0 Å². The van der Waals surface area contributed by atoms with Gasteiger partial charge < -0.3 is 10.6 Å². The van der Waals surface area contributed by atoms with E-state index in [9.17, 15) is 0 Å². The number of hydrogen-bond donors (Lipinski definition) is 4. The minimum Gasteiger partial charge on any atom is -0.361 e. The van der Waals surface area contributed by atoms with Crippen LogP contribution in [0, 0.1) is 0 Å². The lowest BCUT2D eigenvalue weighted by atomic mass is 10.0. The van der Waals surface area contributed by atoms with Crippen LogP contribution in [0.3, 0.4) is 0 Å². The van der Waals surface area contributed by atoms with E-state index in [2.05, 4.69) is 45.5 Å². The van der Waals surface area contributed by atoms with Gasteiger partial charge in [-0.1, -0.05) is 181 Å². The summed E-state index contributed by atoms with van der Waals surface area (Å²) in [6.07, 6.45) is 40.0. The summed E-state index contributed by atoms with van der Waals surface area (Å²) >= 11 is 10.7. The van der Waals surface area contributed by atoms with Gasteiger partial charge in [-0.2, -0.15) is 10.2 Å². The summed E-state index contributed by atoms with van der Waals surface area (Å²) in [6, 6.07) is 0. The van der Waals surface area contributed by atoms with Crippen molar-refractivity contribution in [2.75, 3.05) is 13.1 Å². The summed E-state index contributed by atoms with van der Waals surface area (Å²) in [5.74, 6) is 0. The summed E-state index contributed by atoms with van der Waals surface area (Å²) in [4.78, 5) is 0. The Bertz CT molecular complexity index is 713. The van der Waals surface area contributed by atoms with Crippen molar-refractivity contribution < 1.29 is 0 Å². The quantitative estimate of drug-likeness (QED) is 0.0242. The minimum atomic E-state index is 0.548. The normalized spacial score (nSPS) is 11.7. The predicted octanol–water partition coefficient (Wildman–Crippen LogP) is 11.2. The van der Waals surface area contributed by atoms with E-state index in [4.69, 9.17) is 24.4 Å². The fourth-order valence-corrected chi connectivity index (χ4v) is 5.78. The molecule has 0 saturated heterocycles. The molecular formula is C37H74N6S2. The SMILES string of the molecule is CCCCCCCCCCCCCCCCNC(=S)NN=CC(C)=NNC(=S)NCCCCCCCCCCCCCCCC. The second-order valence-corrected chi connectivity index (χ2v) is 13.8. The molecule has 0 aliphatic rings. The van der Waals surface area contributed by atoms with Gasteiger partial charge in [-0.3, -0.25) is 10.9 Å².